The molecule has 8 heteroatoms. The van der Waals surface area contributed by atoms with Crippen LogP contribution in [-0.2, 0) is 9.53 Å². The summed E-state index contributed by atoms with van der Waals surface area (Å²) in [6.07, 6.45) is 0. The van der Waals surface area contributed by atoms with E-state index >= 15 is 0 Å². The van der Waals surface area contributed by atoms with Crippen molar-refractivity contribution in [2.75, 3.05) is 75.8 Å². The van der Waals surface area contributed by atoms with Crippen molar-refractivity contribution in [1.29, 1.82) is 0 Å². The van der Waals surface area contributed by atoms with Gasteiger partial charge in [-0.25, -0.2) is 4.79 Å². The van der Waals surface area contributed by atoms with E-state index in [1.165, 1.54) is 6.92 Å². The second-order valence-electron chi connectivity index (χ2n) is 6.89. The van der Waals surface area contributed by atoms with Crippen molar-refractivity contribution in [3.63, 3.8) is 0 Å². The number of anilines is 2. The molecule has 2 aliphatic heterocycles. The number of hydrogen-bond donors (Lipinski definition) is 2. The van der Waals surface area contributed by atoms with Gasteiger partial charge in [-0.2, -0.15) is 0 Å². The van der Waals surface area contributed by atoms with E-state index in [0.717, 1.165) is 57.3 Å². The van der Waals surface area contributed by atoms with Crippen molar-refractivity contribution in [2.24, 2.45) is 0 Å². The first-order valence-corrected chi connectivity index (χ1v) is 9.57. The van der Waals surface area contributed by atoms with Gasteiger partial charge in [0.1, 0.15) is 0 Å². The summed E-state index contributed by atoms with van der Waals surface area (Å²) in [4.78, 5) is 29.9. The summed E-state index contributed by atoms with van der Waals surface area (Å²) in [5.41, 5.74) is 1.90. The molecule has 2 fully saturated rings. The van der Waals surface area contributed by atoms with Crippen LogP contribution in [0.2, 0.25) is 0 Å². The van der Waals surface area contributed by atoms with Gasteiger partial charge in [0.2, 0.25) is 5.91 Å². The van der Waals surface area contributed by atoms with E-state index < -0.39 is 0 Å². The van der Waals surface area contributed by atoms with Crippen LogP contribution in [0.25, 0.3) is 0 Å². The highest BCUT2D eigenvalue weighted by Gasteiger charge is 2.21. The number of nitrogens with one attached hydrogen (secondary N) is 2. The zero-order valence-electron chi connectivity index (χ0n) is 15.9. The predicted molar refractivity (Wildman–Crippen MR) is 105 cm³/mol. The summed E-state index contributed by atoms with van der Waals surface area (Å²) in [6.45, 7) is 9.49. The molecule has 1 aromatic rings. The Balaban J connectivity index is 1.38. The van der Waals surface area contributed by atoms with Crippen LogP contribution in [0.5, 0.6) is 0 Å². The summed E-state index contributed by atoms with van der Waals surface area (Å²) in [6, 6.07) is 7.83. The fourth-order valence-corrected chi connectivity index (χ4v) is 3.38. The highest BCUT2D eigenvalue weighted by Crippen LogP contribution is 2.19. The van der Waals surface area contributed by atoms with Gasteiger partial charge in [0.25, 0.3) is 0 Å². The van der Waals surface area contributed by atoms with Gasteiger partial charge in [0.05, 0.1) is 13.2 Å². The third-order valence-electron chi connectivity index (χ3n) is 4.93. The number of morpholine rings is 1. The smallest absolute Gasteiger partial charge is 0.317 e. The lowest BCUT2D eigenvalue weighted by molar-refractivity contribution is -0.114. The average molecular weight is 375 g/mol. The number of urea groups is 1. The SMILES string of the molecule is CC(=O)Nc1ccc(N2CCN(C(=O)NCCN3CCOCC3)CC2)cc1. The molecule has 3 amide bonds. The molecule has 148 valence electrons. The van der Waals surface area contributed by atoms with Crippen LogP contribution in [0, 0.1) is 0 Å². The summed E-state index contributed by atoms with van der Waals surface area (Å²) < 4.78 is 5.33. The molecule has 2 heterocycles. The normalized spacial score (nSPS) is 18.3. The van der Waals surface area contributed by atoms with Gasteiger partial charge in [-0.15, -0.1) is 0 Å². The molecular weight excluding hydrogens is 346 g/mol. The number of benzene rings is 1. The Bertz CT molecular complexity index is 623. The van der Waals surface area contributed by atoms with E-state index in [0.29, 0.717) is 19.6 Å². The van der Waals surface area contributed by atoms with Crippen LogP contribution in [0.3, 0.4) is 0 Å². The lowest BCUT2D eigenvalue weighted by Crippen LogP contribution is -2.52. The molecule has 0 radical (unpaired) electrons. The monoisotopic (exact) mass is 375 g/mol. The molecule has 0 aromatic heterocycles. The number of rotatable bonds is 5. The van der Waals surface area contributed by atoms with Gasteiger partial charge < -0.3 is 25.2 Å². The van der Waals surface area contributed by atoms with Crippen LogP contribution in [0.4, 0.5) is 16.2 Å². The molecule has 0 atom stereocenters. The Morgan fingerprint density at radius 3 is 2.30 bits per heavy atom. The third kappa shape index (κ3) is 5.83. The molecule has 8 nitrogen and oxygen atoms in total. The van der Waals surface area contributed by atoms with E-state index in [9.17, 15) is 9.59 Å². The zero-order valence-corrected chi connectivity index (χ0v) is 15.9. The molecule has 0 spiro atoms. The summed E-state index contributed by atoms with van der Waals surface area (Å²) >= 11 is 0. The maximum atomic E-state index is 12.3. The predicted octanol–water partition coefficient (Wildman–Crippen LogP) is 0.809. The molecule has 2 N–H and O–H groups in total. The Morgan fingerprint density at radius 2 is 1.67 bits per heavy atom. The van der Waals surface area contributed by atoms with E-state index in [4.69, 9.17) is 4.74 Å². The zero-order chi connectivity index (χ0) is 19.1. The maximum absolute atomic E-state index is 12.3. The quantitative estimate of drug-likeness (QED) is 0.796. The van der Waals surface area contributed by atoms with Crippen LogP contribution >= 0.6 is 0 Å². The molecule has 0 unspecified atom stereocenters. The van der Waals surface area contributed by atoms with Crippen molar-refractivity contribution < 1.29 is 14.3 Å². The number of piperazine rings is 1. The highest BCUT2D eigenvalue weighted by molar-refractivity contribution is 5.88. The van der Waals surface area contributed by atoms with Crippen molar-refractivity contribution >= 4 is 23.3 Å². The van der Waals surface area contributed by atoms with Crippen molar-refractivity contribution in [2.45, 2.75) is 6.92 Å². The first-order chi connectivity index (χ1) is 13.1. The minimum Gasteiger partial charge on any atom is -0.379 e. The average Bonchev–Trinajstić information content (AvgIpc) is 2.69. The fourth-order valence-electron chi connectivity index (χ4n) is 3.38. The Labute approximate surface area is 160 Å². The van der Waals surface area contributed by atoms with Crippen LogP contribution < -0.4 is 15.5 Å². The standard InChI is InChI=1S/C19H29N5O3/c1-16(25)21-17-2-4-18(5-3-17)23-8-10-24(11-9-23)19(26)20-6-7-22-12-14-27-15-13-22/h2-5H,6-15H2,1H3,(H,20,26)(H,21,25). The molecule has 2 aliphatic rings. The van der Waals surface area contributed by atoms with Gasteiger partial charge in [0, 0.05) is 70.7 Å². The van der Waals surface area contributed by atoms with Crippen LogP contribution in [0.1, 0.15) is 6.92 Å². The first kappa shape index (κ1) is 19.4. The minimum atomic E-state index is -0.0732. The van der Waals surface area contributed by atoms with Crippen molar-refractivity contribution in [3.8, 4) is 0 Å². The highest BCUT2D eigenvalue weighted by atomic mass is 16.5. The number of ether oxygens (including phenoxy) is 1. The lowest BCUT2D eigenvalue weighted by Gasteiger charge is -2.36. The maximum Gasteiger partial charge on any atom is 0.317 e. The number of amides is 3. The molecule has 2 saturated heterocycles. The largest absolute Gasteiger partial charge is 0.379 e. The third-order valence-corrected chi connectivity index (χ3v) is 4.93. The fraction of sp³-hybridized carbons (Fsp3) is 0.579. The Morgan fingerprint density at radius 1 is 1.00 bits per heavy atom. The molecule has 3 rings (SSSR count). The topological polar surface area (TPSA) is 77.2 Å². The second kappa shape index (κ2) is 9.57. The molecule has 1 aromatic carbocycles. The van der Waals surface area contributed by atoms with Crippen LogP contribution in [-0.4, -0.2) is 87.3 Å². The van der Waals surface area contributed by atoms with Gasteiger partial charge in [-0.3, -0.25) is 9.69 Å². The van der Waals surface area contributed by atoms with Gasteiger partial charge >= 0.3 is 6.03 Å². The summed E-state index contributed by atoms with van der Waals surface area (Å²) in [7, 11) is 0. The number of carbonyl (C=O) groups excluding carboxylic acids is 2. The molecule has 0 saturated carbocycles. The van der Waals surface area contributed by atoms with Gasteiger partial charge in [0.15, 0.2) is 0 Å². The van der Waals surface area contributed by atoms with E-state index in [-0.39, 0.29) is 11.9 Å². The van der Waals surface area contributed by atoms with E-state index in [2.05, 4.69) is 20.4 Å². The number of nitrogens with zero attached hydrogens (tertiary/aromatic N) is 3. The number of hydrogen-bond acceptors (Lipinski definition) is 5. The Kier molecular flexibility index (Phi) is 6.89. The van der Waals surface area contributed by atoms with Gasteiger partial charge in [-0.05, 0) is 24.3 Å². The number of carbonyl (C=O) groups is 2. The molecule has 27 heavy (non-hydrogen) atoms. The molecule has 0 aliphatic carbocycles. The van der Waals surface area contributed by atoms with Crippen molar-refractivity contribution in [1.82, 2.24) is 15.1 Å². The first-order valence-electron chi connectivity index (χ1n) is 9.57. The lowest BCUT2D eigenvalue weighted by atomic mass is 10.2. The summed E-state index contributed by atoms with van der Waals surface area (Å²) in [5, 5.41) is 5.80. The van der Waals surface area contributed by atoms with Crippen LogP contribution in [0.15, 0.2) is 24.3 Å². The molecule has 0 bridgehead atoms. The van der Waals surface area contributed by atoms with E-state index in [1.807, 2.05) is 29.2 Å². The molecular formula is C19H29N5O3. The minimum absolute atomic E-state index is 0.0175. The second-order valence-corrected chi connectivity index (χ2v) is 6.89. The Hall–Kier alpha value is -2.32. The summed E-state index contributed by atoms with van der Waals surface area (Å²) in [5.74, 6) is -0.0732. The van der Waals surface area contributed by atoms with Crippen molar-refractivity contribution in [3.05, 3.63) is 24.3 Å². The van der Waals surface area contributed by atoms with E-state index in [1.54, 1.807) is 0 Å². The van der Waals surface area contributed by atoms with Gasteiger partial charge in [-0.1, -0.05) is 0 Å².